The summed E-state index contributed by atoms with van der Waals surface area (Å²) in [4.78, 5) is 27.9. The van der Waals surface area contributed by atoms with E-state index in [1.807, 2.05) is 36.2 Å². The van der Waals surface area contributed by atoms with Gasteiger partial charge in [-0.05, 0) is 37.6 Å². The molecular formula is C19H29N3O3. The smallest absolute Gasteiger partial charge is 0.321 e. The van der Waals surface area contributed by atoms with Gasteiger partial charge in [-0.15, -0.1) is 0 Å². The number of aryl methyl sites for hydroxylation is 1. The van der Waals surface area contributed by atoms with E-state index in [0.29, 0.717) is 18.8 Å². The van der Waals surface area contributed by atoms with Gasteiger partial charge >= 0.3 is 5.97 Å². The summed E-state index contributed by atoms with van der Waals surface area (Å²) in [6.45, 7) is 5.16. The van der Waals surface area contributed by atoms with Crippen LogP contribution in [0.2, 0.25) is 0 Å². The SMILES string of the molecule is CCCCc1ccc(NC(=O)C[C@@H](C(=O)O)N2CCN(C)CC2)cc1. The summed E-state index contributed by atoms with van der Waals surface area (Å²) in [6.07, 6.45) is 3.31. The number of amides is 1. The van der Waals surface area contributed by atoms with Gasteiger partial charge in [0.05, 0.1) is 6.42 Å². The van der Waals surface area contributed by atoms with Crippen LogP contribution in [-0.2, 0) is 16.0 Å². The number of carboxylic acids is 1. The maximum absolute atomic E-state index is 12.3. The fraction of sp³-hybridized carbons (Fsp3) is 0.579. The lowest BCUT2D eigenvalue weighted by atomic mass is 10.1. The fourth-order valence-electron chi connectivity index (χ4n) is 3.03. The summed E-state index contributed by atoms with van der Waals surface area (Å²) in [5, 5.41) is 12.3. The summed E-state index contributed by atoms with van der Waals surface area (Å²) in [6, 6.07) is 7.03. The molecule has 1 fully saturated rings. The van der Waals surface area contributed by atoms with Gasteiger partial charge in [0, 0.05) is 31.9 Å². The number of unbranched alkanes of at least 4 members (excludes halogenated alkanes) is 1. The second kappa shape index (κ2) is 9.53. The second-order valence-electron chi connectivity index (χ2n) is 6.75. The van der Waals surface area contributed by atoms with Crippen LogP contribution in [0.15, 0.2) is 24.3 Å². The van der Waals surface area contributed by atoms with Crippen molar-refractivity contribution >= 4 is 17.6 Å². The van der Waals surface area contributed by atoms with Crippen LogP contribution in [0.4, 0.5) is 5.69 Å². The van der Waals surface area contributed by atoms with Crippen molar-refractivity contribution in [1.82, 2.24) is 9.80 Å². The van der Waals surface area contributed by atoms with Crippen molar-refractivity contribution in [3.63, 3.8) is 0 Å². The summed E-state index contributed by atoms with van der Waals surface area (Å²) in [5.41, 5.74) is 1.97. The minimum Gasteiger partial charge on any atom is -0.480 e. The number of carbonyl (C=O) groups is 2. The monoisotopic (exact) mass is 347 g/mol. The lowest BCUT2D eigenvalue weighted by Gasteiger charge is -2.35. The fourth-order valence-corrected chi connectivity index (χ4v) is 3.03. The Morgan fingerprint density at radius 1 is 1.16 bits per heavy atom. The first-order chi connectivity index (χ1) is 12.0. The Kier molecular flexibility index (Phi) is 7.40. The Bertz CT molecular complexity index is 566. The quantitative estimate of drug-likeness (QED) is 0.753. The first-order valence-corrected chi connectivity index (χ1v) is 9.03. The van der Waals surface area contributed by atoms with E-state index in [1.165, 1.54) is 5.56 Å². The topological polar surface area (TPSA) is 72.9 Å². The van der Waals surface area contributed by atoms with E-state index in [2.05, 4.69) is 17.1 Å². The van der Waals surface area contributed by atoms with Crippen LogP contribution in [0.5, 0.6) is 0 Å². The van der Waals surface area contributed by atoms with Crippen molar-refractivity contribution in [1.29, 1.82) is 0 Å². The molecule has 6 nitrogen and oxygen atoms in total. The molecule has 1 aliphatic heterocycles. The van der Waals surface area contributed by atoms with Gasteiger partial charge in [-0.1, -0.05) is 25.5 Å². The lowest BCUT2D eigenvalue weighted by Crippen LogP contribution is -2.52. The number of hydrogen-bond acceptors (Lipinski definition) is 4. The predicted octanol–water partition coefficient (Wildman–Crippen LogP) is 2.06. The highest BCUT2D eigenvalue weighted by atomic mass is 16.4. The molecule has 0 radical (unpaired) electrons. The van der Waals surface area contributed by atoms with Crippen molar-refractivity contribution in [2.75, 3.05) is 38.5 Å². The van der Waals surface area contributed by atoms with E-state index in [1.54, 1.807) is 0 Å². The Morgan fingerprint density at radius 2 is 1.80 bits per heavy atom. The highest BCUT2D eigenvalue weighted by Gasteiger charge is 2.30. The van der Waals surface area contributed by atoms with E-state index in [0.717, 1.165) is 32.4 Å². The molecule has 0 aromatic heterocycles. The van der Waals surface area contributed by atoms with Gasteiger partial charge in [-0.3, -0.25) is 14.5 Å². The highest BCUT2D eigenvalue weighted by molar-refractivity contribution is 5.94. The zero-order valence-corrected chi connectivity index (χ0v) is 15.2. The standard InChI is InChI=1S/C19H29N3O3/c1-3-4-5-15-6-8-16(9-7-15)20-18(23)14-17(19(24)25)22-12-10-21(2)11-13-22/h6-9,17H,3-5,10-14H2,1-2H3,(H,20,23)(H,24,25)/t17-/m0/s1. The molecule has 0 unspecified atom stereocenters. The molecule has 1 aliphatic rings. The average Bonchev–Trinajstić information content (AvgIpc) is 2.60. The van der Waals surface area contributed by atoms with Crippen LogP contribution in [0.1, 0.15) is 31.7 Å². The minimum atomic E-state index is -0.936. The van der Waals surface area contributed by atoms with Crippen molar-refractivity contribution in [3.05, 3.63) is 29.8 Å². The first kappa shape index (κ1) is 19.4. The number of rotatable bonds is 8. The van der Waals surface area contributed by atoms with Crippen molar-refractivity contribution < 1.29 is 14.7 Å². The van der Waals surface area contributed by atoms with Gasteiger partial charge in [-0.2, -0.15) is 0 Å². The number of anilines is 1. The Hall–Kier alpha value is -1.92. The average molecular weight is 347 g/mol. The third-order valence-corrected chi connectivity index (χ3v) is 4.70. The van der Waals surface area contributed by atoms with Gasteiger partial charge in [0.15, 0.2) is 0 Å². The number of piperazine rings is 1. The van der Waals surface area contributed by atoms with E-state index in [9.17, 15) is 14.7 Å². The summed E-state index contributed by atoms with van der Waals surface area (Å²) >= 11 is 0. The van der Waals surface area contributed by atoms with E-state index in [4.69, 9.17) is 0 Å². The van der Waals surface area contributed by atoms with Crippen molar-refractivity contribution in [2.24, 2.45) is 0 Å². The molecule has 1 amide bonds. The number of benzene rings is 1. The number of nitrogens with zero attached hydrogens (tertiary/aromatic N) is 2. The third kappa shape index (κ3) is 6.14. The lowest BCUT2D eigenvalue weighted by molar-refractivity contribution is -0.145. The van der Waals surface area contributed by atoms with E-state index >= 15 is 0 Å². The van der Waals surface area contributed by atoms with E-state index in [-0.39, 0.29) is 12.3 Å². The Balaban J connectivity index is 1.89. The maximum atomic E-state index is 12.3. The Morgan fingerprint density at radius 3 is 2.36 bits per heavy atom. The zero-order chi connectivity index (χ0) is 18.2. The van der Waals surface area contributed by atoms with Gasteiger partial charge in [0.25, 0.3) is 0 Å². The molecule has 2 N–H and O–H groups in total. The predicted molar refractivity (Wildman–Crippen MR) is 98.8 cm³/mol. The second-order valence-corrected chi connectivity index (χ2v) is 6.75. The Labute approximate surface area is 149 Å². The molecule has 1 atom stereocenters. The number of hydrogen-bond donors (Lipinski definition) is 2. The third-order valence-electron chi connectivity index (χ3n) is 4.70. The van der Waals surface area contributed by atoms with Gasteiger partial charge < -0.3 is 15.3 Å². The highest BCUT2D eigenvalue weighted by Crippen LogP contribution is 2.14. The summed E-state index contributed by atoms with van der Waals surface area (Å²) in [5.74, 6) is -1.19. The van der Waals surface area contributed by atoms with E-state index < -0.39 is 12.0 Å². The number of likely N-dealkylation sites (N-methyl/N-ethyl adjacent to an activating group) is 1. The van der Waals surface area contributed by atoms with Crippen LogP contribution in [-0.4, -0.2) is 66.1 Å². The molecule has 0 saturated carbocycles. The van der Waals surface area contributed by atoms with Crippen molar-refractivity contribution in [3.8, 4) is 0 Å². The van der Waals surface area contributed by atoms with Crippen LogP contribution in [0.3, 0.4) is 0 Å². The number of carboxylic acid groups (broad SMARTS) is 1. The minimum absolute atomic E-state index is 0.0311. The van der Waals surface area contributed by atoms with Crippen LogP contribution >= 0.6 is 0 Å². The number of aliphatic carboxylic acids is 1. The molecule has 1 aromatic rings. The molecular weight excluding hydrogens is 318 g/mol. The molecule has 0 aliphatic carbocycles. The molecule has 2 rings (SSSR count). The van der Waals surface area contributed by atoms with Crippen LogP contribution in [0, 0.1) is 0 Å². The maximum Gasteiger partial charge on any atom is 0.321 e. The normalized spacial score (nSPS) is 17.2. The molecule has 1 saturated heterocycles. The largest absolute Gasteiger partial charge is 0.480 e. The molecule has 138 valence electrons. The summed E-state index contributed by atoms with van der Waals surface area (Å²) in [7, 11) is 2.02. The van der Waals surface area contributed by atoms with Crippen molar-refractivity contribution in [2.45, 2.75) is 38.6 Å². The molecule has 0 spiro atoms. The van der Waals surface area contributed by atoms with Gasteiger partial charge in [-0.25, -0.2) is 0 Å². The molecule has 0 bridgehead atoms. The molecule has 25 heavy (non-hydrogen) atoms. The first-order valence-electron chi connectivity index (χ1n) is 9.03. The number of nitrogens with one attached hydrogen (secondary N) is 1. The summed E-state index contributed by atoms with van der Waals surface area (Å²) < 4.78 is 0. The number of carbonyl (C=O) groups excluding carboxylic acids is 1. The molecule has 1 heterocycles. The zero-order valence-electron chi connectivity index (χ0n) is 15.2. The molecule has 1 aromatic carbocycles. The van der Waals surface area contributed by atoms with Gasteiger partial charge in [0.2, 0.25) is 5.91 Å². The van der Waals surface area contributed by atoms with Crippen LogP contribution < -0.4 is 5.32 Å². The molecule has 6 heteroatoms. The van der Waals surface area contributed by atoms with Gasteiger partial charge in [0.1, 0.15) is 6.04 Å². The van der Waals surface area contributed by atoms with Crippen LogP contribution in [0.25, 0.3) is 0 Å².